The van der Waals surface area contributed by atoms with Crippen LogP contribution in [0.2, 0.25) is 0 Å². The third-order valence-electron chi connectivity index (χ3n) is 3.32. The molecule has 1 fully saturated rings. The Hall–Kier alpha value is -1.14. The molecular weight excluding hydrogens is 255 g/mol. The van der Waals surface area contributed by atoms with Gasteiger partial charge in [0.15, 0.2) is 0 Å². The van der Waals surface area contributed by atoms with Gasteiger partial charge < -0.3 is 5.73 Å². The third kappa shape index (κ3) is 2.49. The van der Waals surface area contributed by atoms with Gasteiger partial charge in [0, 0.05) is 18.8 Å². The van der Waals surface area contributed by atoms with Crippen LogP contribution in [0.3, 0.4) is 0 Å². The highest BCUT2D eigenvalue weighted by molar-refractivity contribution is 7.89. The fourth-order valence-electron chi connectivity index (χ4n) is 2.08. The first kappa shape index (κ1) is 13.3. The minimum absolute atomic E-state index is 0.250. The second-order valence-corrected chi connectivity index (χ2v) is 6.68. The lowest BCUT2D eigenvalue weighted by Crippen LogP contribution is -2.38. The van der Waals surface area contributed by atoms with Crippen LogP contribution < -0.4 is 5.73 Å². The van der Waals surface area contributed by atoms with E-state index in [9.17, 15) is 12.8 Å². The summed E-state index contributed by atoms with van der Waals surface area (Å²) >= 11 is 0. The van der Waals surface area contributed by atoms with Crippen molar-refractivity contribution in [1.82, 2.24) is 4.31 Å². The average molecular weight is 272 g/mol. The first-order valence-corrected chi connectivity index (χ1v) is 7.40. The molecule has 1 aliphatic heterocycles. The molecule has 2 N–H and O–H groups in total. The minimum Gasteiger partial charge on any atom is -0.399 e. The van der Waals surface area contributed by atoms with Crippen molar-refractivity contribution in [1.29, 1.82) is 0 Å². The zero-order valence-corrected chi connectivity index (χ0v) is 11.1. The largest absolute Gasteiger partial charge is 0.399 e. The van der Waals surface area contributed by atoms with E-state index < -0.39 is 15.8 Å². The highest BCUT2D eigenvalue weighted by Crippen LogP contribution is 2.26. The lowest BCUT2D eigenvalue weighted by Gasteiger charge is -2.29. The summed E-state index contributed by atoms with van der Waals surface area (Å²) in [7, 11) is -3.76. The molecule has 100 valence electrons. The number of anilines is 1. The molecule has 6 heteroatoms. The summed E-state index contributed by atoms with van der Waals surface area (Å²) in [5.74, 6) is -0.232. The topological polar surface area (TPSA) is 63.4 Å². The predicted molar refractivity (Wildman–Crippen MR) is 68.0 cm³/mol. The van der Waals surface area contributed by atoms with Crippen molar-refractivity contribution in [2.75, 3.05) is 18.8 Å². The summed E-state index contributed by atoms with van der Waals surface area (Å²) in [5.41, 5.74) is 5.78. The van der Waals surface area contributed by atoms with E-state index in [1.54, 1.807) is 0 Å². The fourth-order valence-corrected chi connectivity index (χ4v) is 3.65. The Balaban J connectivity index is 2.33. The van der Waals surface area contributed by atoms with Crippen LogP contribution in [0, 0.1) is 11.7 Å². The number of piperidine rings is 1. The van der Waals surface area contributed by atoms with Gasteiger partial charge in [-0.2, -0.15) is 4.31 Å². The number of nitrogens with two attached hydrogens (primary N) is 1. The number of rotatable bonds is 2. The van der Waals surface area contributed by atoms with Crippen molar-refractivity contribution in [3.63, 3.8) is 0 Å². The van der Waals surface area contributed by atoms with Crippen LogP contribution in [0.1, 0.15) is 19.8 Å². The molecule has 0 atom stereocenters. The van der Waals surface area contributed by atoms with Gasteiger partial charge in [-0.05, 0) is 37.0 Å². The van der Waals surface area contributed by atoms with Gasteiger partial charge in [-0.25, -0.2) is 12.8 Å². The molecule has 2 rings (SSSR count). The van der Waals surface area contributed by atoms with Crippen LogP contribution in [0.15, 0.2) is 23.1 Å². The predicted octanol–water partition coefficient (Wildman–Crippen LogP) is 1.83. The van der Waals surface area contributed by atoms with Crippen molar-refractivity contribution in [3.05, 3.63) is 24.0 Å². The summed E-state index contributed by atoms with van der Waals surface area (Å²) in [6, 6.07) is 3.63. The van der Waals surface area contributed by atoms with E-state index in [0.29, 0.717) is 19.0 Å². The molecule has 1 aromatic rings. The maximum absolute atomic E-state index is 13.6. The molecule has 1 aromatic carbocycles. The van der Waals surface area contributed by atoms with Crippen molar-refractivity contribution in [2.24, 2.45) is 5.92 Å². The standard InChI is InChI=1S/C12H17FN2O2S/c1-9-4-6-15(7-5-9)18(16,17)12-8-10(14)2-3-11(12)13/h2-3,8-9H,4-7,14H2,1H3. The molecule has 1 aliphatic rings. The van der Waals surface area contributed by atoms with E-state index in [-0.39, 0.29) is 10.6 Å². The highest BCUT2D eigenvalue weighted by Gasteiger charge is 2.30. The quantitative estimate of drug-likeness (QED) is 0.835. The number of nitrogens with zero attached hydrogens (tertiary/aromatic N) is 1. The summed E-state index contributed by atoms with van der Waals surface area (Å²) in [5, 5.41) is 0. The maximum atomic E-state index is 13.6. The lowest BCUT2D eigenvalue weighted by atomic mass is 10.0. The van der Waals surface area contributed by atoms with Gasteiger partial charge in [-0.15, -0.1) is 0 Å². The van der Waals surface area contributed by atoms with Gasteiger partial charge in [0.2, 0.25) is 10.0 Å². The van der Waals surface area contributed by atoms with Crippen LogP contribution in [0.5, 0.6) is 0 Å². The van der Waals surface area contributed by atoms with Crippen molar-refractivity contribution >= 4 is 15.7 Å². The lowest BCUT2D eigenvalue weighted by molar-refractivity contribution is 0.287. The minimum atomic E-state index is -3.76. The Morgan fingerprint density at radius 1 is 1.33 bits per heavy atom. The van der Waals surface area contributed by atoms with Gasteiger partial charge in [0.05, 0.1) is 0 Å². The molecule has 0 spiro atoms. The fraction of sp³-hybridized carbons (Fsp3) is 0.500. The first-order valence-electron chi connectivity index (χ1n) is 5.96. The Labute approximate surface area is 107 Å². The zero-order chi connectivity index (χ0) is 13.3. The van der Waals surface area contributed by atoms with Crippen molar-refractivity contribution < 1.29 is 12.8 Å². The number of benzene rings is 1. The summed E-state index contributed by atoms with van der Waals surface area (Å²) < 4.78 is 39.6. The van der Waals surface area contributed by atoms with E-state index in [1.807, 2.05) is 0 Å². The molecular formula is C12H17FN2O2S. The van der Waals surface area contributed by atoms with E-state index in [1.165, 1.54) is 16.4 Å². The zero-order valence-electron chi connectivity index (χ0n) is 10.3. The van der Waals surface area contributed by atoms with Crippen LogP contribution in [-0.4, -0.2) is 25.8 Å². The average Bonchev–Trinajstić information content (AvgIpc) is 2.32. The van der Waals surface area contributed by atoms with Gasteiger partial charge in [0.1, 0.15) is 10.7 Å². The van der Waals surface area contributed by atoms with Crippen molar-refractivity contribution in [2.45, 2.75) is 24.7 Å². The van der Waals surface area contributed by atoms with E-state index in [0.717, 1.165) is 18.9 Å². The first-order chi connectivity index (χ1) is 8.41. The Bertz CT molecular complexity index is 537. The van der Waals surface area contributed by atoms with Crippen molar-refractivity contribution in [3.8, 4) is 0 Å². The molecule has 0 unspecified atom stereocenters. The summed E-state index contributed by atoms with van der Waals surface area (Å²) in [4.78, 5) is -0.322. The molecule has 0 aromatic heterocycles. The summed E-state index contributed by atoms with van der Waals surface area (Å²) in [6.45, 7) is 2.97. The van der Waals surface area contributed by atoms with Crippen LogP contribution in [-0.2, 0) is 10.0 Å². The molecule has 0 bridgehead atoms. The third-order valence-corrected chi connectivity index (χ3v) is 5.23. The highest BCUT2D eigenvalue weighted by atomic mass is 32.2. The Morgan fingerprint density at radius 3 is 2.56 bits per heavy atom. The Kier molecular flexibility index (Phi) is 3.59. The number of hydrogen-bond acceptors (Lipinski definition) is 3. The smallest absolute Gasteiger partial charge is 0.246 e. The monoisotopic (exact) mass is 272 g/mol. The molecule has 0 amide bonds. The van der Waals surface area contributed by atoms with Crippen LogP contribution in [0.4, 0.5) is 10.1 Å². The molecule has 0 radical (unpaired) electrons. The van der Waals surface area contributed by atoms with Gasteiger partial charge in [-0.3, -0.25) is 0 Å². The van der Waals surface area contributed by atoms with Gasteiger partial charge in [-0.1, -0.05) is 6.92 Å². The number of hydrogen-bond donors (Lipinski definition) is 1. The summed E-state index contributed by atoms with van der Waals surface area (Å²) in [6.07, 6.45) is 1.62. The molecule has 0 aliphatic carbocycles. The Morgan fingerprint density at radius 2 is 1.94 bits per heavy atom. The molecule has 1 saturated heterocycles. The number of nitrogen functional groups attached to an aromatic ring is 1. The normalized spacial score (nSPS) is 19.0. The van der Waals surface area contributed by atoms with E-state index >= 15 is 0 Å². The van der Waals surface area contributed by atoms with Crippen LogP contribution >= 0.6 is 0 Å². The molecule has 4 nitrogen and oxygen atoms in total. The van der Waals surface area contributed by atoms with E-state index in [4.69, 9.17) is 5.73 Å². The molecule has 1 heterocycles. The molecule has 0 saturated carbocycles. The second kappa shape index (κ2) is 4.85. The maximum Gasteiger partial charge on any atom is 0.246 e. The van der Waals surface area contributed by atoms with E-state index in [2.05, 4.69) is 6.92 Å². The van der Waals surface area contributed by atoms with Crippen LogP contribution in [0.25, 0.3) is 0 Å². The molecule has 18 heavy (non-hydrogen) atoms. The number of halogens is 1. The van der Waals surface area contributed by atoms with Gasteiger partial charge >= 0.3 is 0 Å². The second-order valence-electron chi connectivity index (χ2n) is 4.78. The number of sulfonamides is 1. The van der Waals surface area contributed by atoms with Gasteiger partial charge in [0.25, 0.3) is 0 Å². The SMILES string of the molecule is CC1CCN(S(=O)(=O)c2cc(N)ccc2F)CC1.